The molecular weight excluding hydrogens is 395 g/mol. The molecule has 0 bridgehead atoms. The second kappa shape index (κ2) is 11.7. The third kappa shape index (κ3) is 8.89. The molecule has 0 spiro atoms. The number of carbonyl (C=O) groups is 3. The minimum atomic E-state index is -0.936. The van der Waals surface area contributed by atoms with Crippen LogP contribution in [0, 0.1) is 0 Å². The quantitative estimate of drug-likeness (QED) is 0.577. The maximum absolute atomic E-state index is 11.2. The zero-order valence-corrected chi connectivity index (χ0v) is 15.6. The lowest BCUT2D eigenvalue weighted by Crippen LogP contribution is -2.36. The van der Waals surface area contributed by atoms with Crippen LogP contribution < -0.4 is 16.4 Å². The van der Waals surface area contributed by atoms with E-state index in [0.29, 0.717) is 6.54 Å². The van der Waals surface area contributed by atoms with Gasteiger partial charge in [-0.15, -0.1) is 0 Å². The van der Waals surface area contributed by atoms with E-state index in [9.17, 15) is 14.4 Å². The number of nitrogens with two attached hydrogens (primary N) is 1. The molecule has 0 saturated carbocycles. The summed E-state index contributed by atoms with van der Waals surface area (Å²) in [5, 5.41) is 14.0. The number of halogens is 2. The predicted molar refractivity (Wildman–Crippen MR) is 102 cm³/mol. The van der Waals surface area contributed by atoms with E-state index in [1.54, 1.807) is 42.7 Å². The predicted octanol–water partition coefficient (Wildman–Crippen LogP) is 2.45. The van der Waals surface area contributed by atoms with Gasteiger partial charge in [0.15, 0.2) is 0 Å². The molecule has 0 fully saturated rings. The first-order chi connectivity index (χ1) is 12.8. The van der Waals surface area contributed by atoms with E-state index in [-0.39, 0.29) is 34.6 Å². The summed E-state index contributed by atoms with van der Waals surface area (Å²) in [5.41, 5.74) is 6.12. The largest absolute Gasteiger partial charge is 0.481 e. The van der Waals surface area contributed by atoms with E-state index >= 15 is 0 Å². The Bertz CT molecular complexity index is 768. The van der Waals surface area contributed by atoms with E-state index < -0.39 is 11.9 Å². The Hall–Kier alpha value is -2.84. The molecule has 10 heteroatoms. The van der Waals surface area contributed by atoms with Gasteiger partial charge in [-0.2, -0.15) is 0 Å². The van der Waals surface area contributed by atoms with Gasteiger partial charge in [-0.3, -0.25) is 14.6 Å². The summed E-state index contributed by atoms with van der Waals surface area (Å²) in [6, 6.07) is 7.98. The van der Waals surface area contributed by atoms with Gasteiger partial charge in [-0.1, -0.05) is 29.3 Å². The maximum Gasteiger partial charge on any atom is 0.315 e. The highest BCUT2D eigenvalue weighted by Gasteiger charge is 2.09. The van der Waals surface area contributed by atoms with Crippen LogP contribution in [0.15, 0.2) is 42.7 Å². The molecule has 0 aliphatic rings. The van der Waals surface area contributed by atoms with Crippen LogP contribution >= 0.6 is 23.2 Å². The van der Waals surface area contributed by atoms with E-state index in [1.807, 2.05) is 0 Å². The SMILES string of the molecule is NC(=O)c1c(Cl)cccc1Cl.O=C(O)CCNC(=O)NCc1ccncc1. The monoisotopic (exact) mass is 412 g/mol. The standard InChI is InChI=1S/C10H13N3O3.C7H5Cl2NO/c14-9(15)3-6-12-10(16)13-7-8-1-4-11-5-2-8;8-4-2-1-3-5(9)6(4)7(10)11/h1-2,4-5H,3,6-7H2,(H,14,15)(H2,12,13,16);1-3H,(H2,10,11). The van der Waals surface area contributed by atoms with Gasteiger partial charge < -0.3 is 21.5 Å². The molecule has 144 valence electrons. The van der Waals surface area contributed by atoms with Crippen molar-refractivity contribution in [2.24, 2.45) is 5.73 Å². The highest BCUT2D eigenvalue weighted by atomic mass is 35.5. The number of carboxylic acids is 1. The number of rotatable bonds is 6. The highest BCUT2D eigenvalue weighted by Crippen LogP contribution is 2.23. The van der Waals surface area contributed by atoms with Gasteiger partial charge in [0.1, 0.15) is 0 Å². The molecule has 0 aliphatic carbocycles. The molecule has 0 unspecified atom stereocenters. The first-order valence-electron chi connectivity index (χ1n) is 7.67. The van der Waals surface area contributed by atoms with Crippen LogP contribution in [0.3, 0.4) is 0 Å². The number of primary amides is 1. The Balaban J connectivity index is 0.000000289. The summed E-state index contributed by atoms with van der Waals surface area (Å²) in [5.74, 6) is -1.55. The first-order valence-corrected chi connectivity index (χ1v) is 8.43. The number of nitrogens with zero attached hydrogens (tertiary/aromatic N) is 1. The Morgan fingerprint density at radius 1 is 1.04 bits per heavy atom. The number of aliphatic carboxylic acids is 1. The summed E-state index contributed by atoms with van der Waals surface area (Å²) in [7, 11) is 0. The fourth-order valence-electron chi connectivity index (χ4n) is 1.76. The summed E-state index contributed by atoms with van der Waals surface area (Å²) < 4.78 is 0. The Kier molecular flexibility index (Phi) is 9.63. The molecule has 1 aromatic carbocycles. The minimum absolute atomic E-state index is 0.0807. The van der Waals surface area contributed by atoms with Crippen molar-refractivity contribution in [3.05, 3.63) is 63.9 Å². The number of hydrogen-bond acceptors (Lipinski definition) is 4. The van der Waals surface area contributed by atoms with Crippen molar-refractivity contribution in [2.45, 2.75) is 13.0 Å². The molecule has 8 nitrogen and oxygen atoms in total. The maximum atomic E-state index is 11.2. The van der Waals surface area contributed by atoms with Crippen molar-refractivity contribution in [1.82, 2.24) is 15.6 Å². The van der Waals surface area contributed by atoms with Crippen LogP contribution in [0.1, 0.15) is 22.3 Å². The van der Waals surface area contributed by atoms with Gasteiger partial charge in [0.25, 0.3) is 5.91 Å². The molecule has 5 N–H and O–H groups in total. The van der Waals surface area contributed by atoms with E-state index in [0.717, 1.165) is 5.56 Å². The fraction of sp³-hybridized carbons (Fsp3) is 0.176. The van der Waals surface area contributed by atoms with Crippen LogP contribution in [-0.4, -0.2) is 34.5 Å². The van der Waals surface area contributed by atoms with Crippen LogP contribution in [0.2, 0.25) is 10.0 Å². The second-order valence-corrected chi connectivity index (χ2v) is 5.88. The lowest BCUT2D eigenvalue weighted by atomic mass is 10.2. The zero-order valence-electron chi connectivity index (χ0n) is 14.1. The van der Waals surface area contributed by atoms with Crippen molar-refractivity contribution in [1.29, 1.82) is 0 Å². The third-order valence-electron chi connectivity index (χ3n) is 3.04. The summed E-state index contributed by atoms with van der Waals surface area (Å²) in [6.45, 7) is 0.513. The molecule has 0 saturated heterocycles. The summed E-state index contributed by atoms with van der Waals surface area (Å²) in [4.78, 5) is 35.9. The zero-order chi connectivity index (χ0) is 20.2. The van der Waals surface area contributed by atoms with Crippen LogP contribution in [-0.2, 0) is 11.3 Å². The van der Waals surface area contributed by atoms with Crippen molar-refractivity contribution in [3.8, 4) is 0 Å². The number of amides is 3. The molecule has 1 heterocycles. The number of carboxylic acid groups (broad SMARTS) is 1. The van der Waals surface area contributed by atoms with Crippen LogP contribution in [0.25, 0.3) is 0 Å². The summed E-state index contributed by atoms with van der Waals surface area (Å²) >= 11 is 11.3. The van der Waals surface area contributed by atoms with Crippen molar-refractivity contribution < 1.29 is 19.5 Å². The van der Waals surface area contributed by atoms with E-state index in [2.05, 4.69) is 15.6 Å². The topological polar surface area (TPSA) is 134 Å². The number of urea groups is 1. The Labute approximate surface area is 165 Å². The Morgan fingerprint density at radius 2 is 1.63 bits per heavy atom. The molecular formula is C17H18Cl2N4O4. The van der Waals surface area contributed by atoms with Crippen molar-refractivity contribution in [3.63, 3.8) is 0 Å². The average molecular weight is 413 g/mol. The van der Waals surface area contributed by atoms with Crippen LogP contribution in [0.4, 0.5) is 4.79 Å². The second-order valence-electron chi connectivity index (χ2n) is 5.07. The summed E-state index contributed by atoms with van der Waals surface area (Å²) in [6.07, 6.45) is 3.20. The number of carbonyl (C=O) groups excluding carboxylic acids is 2. The molecule has 2 rings (SSSR count). The molecule has 0 radical (unpaired) electrons. The lowest BCUT2D eigenvalue weighted by molar-refractivity contribution is -0.136. The van der Waals surface area contributed by atoms with Gasteiger partial charge in [0, 0.05) is 25.5 Å². The minimum Gasteiger partial charge on any atom is -0.481 e. The number of pyridine rings is 1. The van der Waals surface area contributed by atoms with Gasteiger partial charge in [-0.05, 0) is 29.8 Å². The number of hydrogen-bond donors (Lipinski definition) is 4. The fourth-order valence-corrected chi connectivity index (χ4v) is 2.35. The van der Waals surface area contributed by atoms with Crippen molar-refractivity contribution >= 4 is 41.1 Å². The highest BCUT2D eigenvalue weighted by molar-refractivity contribution is 6.39. The van der Waals surface area contributed by atoms with E-state index in [4.69, 9.17) is 34.0 Å². The molecule has 3 amide bonds. The molecule has 2 aromatic rings. The molecule has 1 aromatic heterocycles. The molecule has 27 heavy (non-hydrogen) atoms. The third-order valence-corrected chi connectivity index (χ3v) is 3.67. The van der Waals surface area contributed by atoms with Crippen molar-refractivity contribution in [2.75, 3.05) is 6.54 Å². The van der Waals surface area contributed by atoms with Gasteiger partial charge >= 0.3 is 12.0 Å². The van der Waals surface area contributed by atoms with Gasteiger partial charge in [-0.25, -0.2) is 4.79 Å². The lowest BCUT2D eigenvalue weighted by Gasteiger charge is -2.06. The van der Waals surface area contributed by atoms with Gasteiger partial charge in [0.05, 0.1) is 22.0 Å². The normalized spacial score (nSPS) is 9.56. The van der Waals surface area contributed by atoms with E-state index in [1.165, 1.54) is 0 Å². The van der Waals surface area contributed by atoms with Gasteiger partial charge in [0.2, 0.25) is 0 Å². The number of nitrogens with one attached hydrogen (secondary N) is 2. The first kappa shape index (κ1) is 22.2. The number of aromatic nitrogens is 1. The molecule has 0 atom stereocenters. The smallest absolute Gasteiger partial charge is 0.315 e. The van der Waals surface area contributed by atoms with Crippen LogP contribution in [0.5, 0.6) is 0 Å². The Morgan fingerprint density at radius 3 is 2.11 bits per heavy atom. The molecule has 0 aliphatic heterocycles. The number of benzene rings is 1. The average Bonchev–Trinajstić information content (AvgIpc) is 2.61.